The lowest BCUT2D eigenvalue weighted by molar-refractivity contribution is 0.0127. The molecule has 0 spiro atoms. The SMILES string of the molecule is CCNCC(C)(O)COc1ccc(Br)c(C)c1. The molecule has 96 valence electrons. The molecule has 1 aromatic carbocycles. The van der Waals surface area contributed by atoms with Gasteiger partial charge in [-0.3, -0.25) is 0 Å². The number of hydrogen-bond donors (Lipinski definition) is 2. The minimum Gasteiger partial charge on any atom is -0.491 e. The second-order valence-corrected chi connectivity index (χ2v) is 5.33. The van der Waals surface area contributed by atoms with E-state index in [2.05, 4.69) is 21.2 Å². The predicted octanol–water partition coefficient (Wildman–Crippen LogP) is 2.50. The van der Waals surface area contributed by atoms with Gasteiger partial charge in [-0.05, 0) is 44.2 Å². The Labute approximate surface area is 111 Å². The van der Waals surface area contributed by atoms with Crippen LogP contribution in [0.4, 0.5) is 0 Å². The highest BCUT2D eigenvalue weighted by atomic mass is 79.9. The third-order valence-corrected chi connectivity index (χ3v) is 3.32. The van der Waals surface area contributed by atoms with Gasteiger partial charge < -0.3 is 15.2 Å². The summed E-state index contributed by atoms with van der Waals surface area (Å²) in [7, 11) is 0. The van der Waals surface area contributed by atoms with Crippen LogP contribution in [-0.2, 0) is 0 Å². The van der Waals surface area contributed by atoms with E-state index < -0.39 is 5.60 Å². The van der Waals surface area contributed by atoms with Crippen molar-refractivity contribution in [2.45, 2.75) is 26.4 Å². The van der Waals surface area contributed by atoms with Crippen molar-refractivity contribution in [1.29, 1.82) is 0 Å². The number of aliphatic hydroxyl groups is 1. The lowest BCUT2D eigenvalue weighted by atomic mass is 10.1. The summed E-state index contributed by atoms with van der Waals surface area (Å²) in [4.78, 5) is 0. The highest BCUT2D eigenvalue weighted by molar-refractivity contribution is 9.10. The summed E-state index contributed by atoms with van der Waals surface area (Å²) < 4.78 is 6.65. The third-order valence-electron chi connectivity index (χ3n) is 2.44. The maximum Gasteiger partial charge on any atom is 0.119 e. The molecule has 0 aliphatic heterocycles. The molecule has 0 heterocycles. The first-order chi connectivity index (χ1) is 7.94. The van der Waals surface area contributed by atoms with Crippen LogP contribution in [0.15, 0.2) is 22.7 Å². The van der Waals surface area contributed by atoms with Gasteiger partial charge in [-0.15, -0.1) is 0 Å². The molecule has 1 unspecified atom stereocenters. The molecule has 17 heavy (non-hydrogen) atoms. The van der Waals surface area contributed by atoms with Gasteiger partial charge >= 0.3 is 0 Å². The molecule has 0 saturated heterocycles. The average Bonchev–Trinajstić information content (AvgIpc) is 2.28. The zero-order valence-corrected chi connectivity index (χ0v) is 12.2. The van der Waals surface area contributed by atoms with Gasteiger partial charge in [0.05, 0.1) is 0 Å². The fraction of sp³-hybridized carbons (Fsp3) is 0.538. The molecule has 0 saturated carbocycles. The zero-order chi connectivity index (χ0) is 12.9. The summed E-state index contributed by atoms with van der Waals surface area (Å²) in [5, 5.41) is 13.1. The van der Waals surface area contributed by atoms with E-state index in [9.17, 15) is 5.11 Å². The minimum atomic E-state index is -0.850. The summed E-state index contributed by atoms with van der Waals surface area (Å²) in [6.07, 6.45) is 0. The van der Waals surface area contributed by atoms with Crippen molar-refractivity contribution < 1.29 is 9.84 Å². The Hall–Kier alpha value is -0.580. The van der Waals surface area contributed by atoms with Crippen molar-refractivity contribution in [2.75, 3.05) is 19.7 Å². The van der Waals surface area contributed by atoms with E-state index >= 15 is 0 Å². The average molecular weight is 302 g/mol. The van der Waals surface area contributed by atoms with Gasteiger partial charge in [0.2, 0.25) is 0 Å². The molecule has 0 bridgehead atoms. The lowest BCUT2D eigenvalue weighted by Crippen LogP contribution is -2.42. The molecule has 0 fully saturated rings. The van der Waals surface area contributed by atoms with E-state index in [4.69, 9.17) is 4.74 Å². The maximum atomic E-state index is 10.0. The highest BCUT2D eigenvalue weighted by Gasteiger charge is 2.20. The number of benzene rings is 1. The van der Waals surface area contributed by atoms with Crippen LogP contribution in [0.2, 0.25) is 0 Å². The zero-order valence-electron chi connectivity index (χ0n) is 10.6. The molecule has 1 rings (SSSR count). The van der Waals surface area contributed by atoms with E-state index in [-0.39, 0.29) is 6.61 Å². The molecule has 0 aliphatic rings. The smallest absolute Gasteiger partial charge is 0.119 e. The molecule has 0 radical (unpaired) electrons. The van der Waals surface area contributed by atoms with E-state index in [1.54, 1.807) is 6.92 Å². The van der Waals surface area contributed by atoms with Crippen LogP contribution in [0.5, 0.6) is 5.75 Å². The molecule has 0 aliphatic carbocycles. The van der Waals surface area contributed by atoms with Crippen LogP contribution in [-0.4, -0.2) is 30.4 Å². The van der Waals surface area contributed by atoms with E-state index in [1.165, 1.54) is 0 Å². The Morgan fingerprint density at radius 1 is 1.47 bits per heavy atom. The number of likely N-dealkylation sites (N-methyl/N-ethyl adjacent to an activating group) is 1. The molecule has 1 aromatic rings. The molecule has 0 amide bonds. The van der Waals surface area contributed by atoms with Crippen LogP contribution in [0.1, 0.15) is 19.4 Å². The quantitative estimate of drug-likeness (QED) is 0.848. The van der Waals surface area contributed by atoms with Crippen LogP contribution in [0, 0.1) is 6.92 Å². The third kappa shape index (κ3) is 5.06. The van der Waals surface area contributed by atoms with Gasteiger partial charge in [-0.1, -0.05) is 22.9 Å². The van der Waals surface area contributed by atoms with Crippen LogP contribution in [0.25, 0.3) is 0 Å². The monoisotopic (exact) mass is 301 g/mol. The van der Waals surface area contributed by atoms with E-state index in [0.717, 1.165) is 22.3 Å². The van der Waals surface area contributed by atoms with E-state index in [1.807, 2.05) is 32.0 Å². The summed E-state index contributed by atoms with van der Waals surface area (Å²) in [6.45, 7) is 7.43. The number of nitrogens with one attached hydrogen (secondary N) is 1. The second-order valence-electron chi connectivity index (χ2n) is 4.48. The number of aryl methyl sites for hydroxylation is 1. The molecular formula is C13H20BrNO2. The Balaban J connectivity index is 2.51. The van der Waals surface area contributed by atoms with Gasteiger partial charge in [-0.25, -0.2) is 0 Å². The van der Waals surface area contributed by atoms with Crippen LogP contribution < -0.4 is 10.1 Å². The Morgan fingerprint density at radius 2 is 2.18 bits per heavy atom. The molecule has 1 atom stereocenters. The second kappa shape index (κ2) is 6.38. The van der Waals surface area contributed by atoms with Crippen molar-refractivity contribution in [3.05, 3.63) is 28.2 Å². The van der Waals surface area contributed by atoms with Crippen molar-refractivity contribution >= 4 is 15.9 Å². The molecule has 3 nitrogen and oxygen atoms in total. The first-order valence-corrected chi connectivity index (χ1v) is 6.56. The maximum absolute atomic E-state index is 10.0. The van der Waals surface area contributed by atoms with Gasteiger partial charge in [-0.2, -0.15) is 0 Å². The van der Waals surface area contributed by atoms with Crippen molar-refractivity contribution in [1.82, 2.24) is 5.32 Å². The number of halogens is 1. The fourth-order valence-electron chi connectivity index (χ4n) is 1.39. The van der Waals surface area contributed by atoms with Gasteiger partial charge in [0.25, 0.3) is 0 Å². The minimum absolute atomic E-state index is 0.279. The molecule has 4 heteroatoms. The first-order valence-electron chi connectivity index (χ1n) is 5.76. The van der Waals surface area contributed by atoms with Gasteiger partial charge in [0, 0.05) is 11.0 Å². The fourth-order valence-corrected chi connectivity index (χ4v) is 1.64. The van der Waals surface area contributed by atoms with Crippen molar-refractivity contribution in [2.24, 2.45) is 0 Å². The van der Waals surface area contributed by atoms with Crippen molar-refractivity contribution in [3.8, 4) is 5.75 Å². The first kappa shape index (κ1) is 14.5. The van der Waals surface area contributed by atoms with Crippen LogP contribution in [0.3, 0.4) is 0 Å². The van der Waals surface area contributed by atoms with Crippen molar-refractivity contribution in [3.63, 3.8) is 0 Å². The standard InChI is InChI=1S/C13H20BrNO2/c1-4-15-8-13(3,16)9-17-11-5-6-12(14)10(2)7-11/h5-7,15-16H,4,8-9H2,1-3H3. The normalized spacial score (nSPS) is 14.4. The summed E-state index contributed by atoms with van der Waals surface area (Å²) in [5.74, 6) is 0.780. The summed E-state index contributed by atoms with van der Waals surface area (Å²) >= 11 is 3.44. The number of hydrogen-bond acceptors (Lipinski definition) is 3. The lowest BCUT2D eigenvalue weighted by Gasteiger charge is -2.23. The van der Waals surface area contributed by atoms with Crippen LogP contribution >= 0.6 is 15.9 Å². The summed E-state index contributed by atoms with van der Waals surface area (Å²) in [5.41, 5.74) is 0.269. The Kier molecular flexibility index (Phi) is 5.43. The predicted molar refractivity (Wildman–Crippen MR) is 73.5 cm³/mol. The Bertz CT molecular complexity index is 366. The molecule has 2 N–H and O–H groups in total. The molecular weight excluding hydrogens is 282 g/mol. The van der Waals surface area contributed by atoms with Gasteiger partial charge in [0.15, 0.2) is 0 Å². The highest BCUT2D eigenvalue weighted by Crippen LogP contribution is 2.22. The number of ether oxygens (including phenoxy) is 1. The van der Waals surface area contributed by atoms with Gasteiger partial charge in [0.1, 0.15) is 18.0 Å². The Morgan fingerprint density at radius 3 is 2.76 bits per heavy atom. The topological polar surface area (TPSA) is 41.5 Å². The largest absolute Gasteiger partial charge is 0.491 e. The summed E-state index contributed by atoms with van der Waals surface area (Å²) in [6, 6.07) is 5.79. The molecule has 0 aromatic heterocycles. The van der Waals surface area contributed by atoms with E-state index in [0.29, 0.717) is 6.54 Å². The number of rotatable bonds is 6.